The van der Waals surface area contributed by atoms with E-state index in [1.807, 2.05) is 42.5 Å². The lowest BCUT2D eigenvalue weighted by molar-refractivity contribution is 0.0922. The Hall–Kier alpha value is -3.28. The fourth-order valence-electron chi connectivity index (χ4n) is 3.57. The fourth-order valence-corrected chi connectivity index (χ4v) is 3.57. The molecule has 148 valence electrons. The van der Waals surface area contributed by atoms with E-state index in [-0.39, 0.29) is 11.9 Å². The first-order valence-electron chi connectivity index (χ1n) is 10.2. The topological polar surface area (TPSA) is 79.8 Å². The van der Waals surface area contributed by atoms with Gasteiger partial charge in [0.15, 0.2) is 5.82 Å². The van der Waals surface area contributed by atoms with Crippen LogP contribution in [0.25, 0.3) is 11.4 Å². The summed E-state index contributed by atoms with van der Waals surface area (Å²) in [4.78, 5) is 26.1. The van der Waals surface area contributed by atoms with Gasteiger partial charge in [0.1, 0.15) is 11.5 Å². The van der Waals surface area contributed by atoms with Crippen molar-refractivity contribution in [3.63, 3.8) is 0 Å². The molecule has 0 atom stereocenters. The molecule has 29 heavy (non-hydrogen) atoms. The van der Waals surface area contributed by atoms with E-state index in [1.54, 1.807) is 18.5 Å². The van der Waals surface area contributed by atoms with Crippen LogP contribution in [-0.2, 0) is 6.54 Å². The van der Waals surface area contributed by atoms with Crippen molar-refractivity contribution in [3.8, 4) is 11.4 Å². The minimum absolute atomic E-state index is 0.136. The highest BCUT2D eigenvalue weighted by atomic mass is 16.1. The first-order valence-corrected chi connectivity index (χ1v) is 10.2. The Morgan fingerprint density at radius 1 is 0.966 bits per heavy atom. The van der Waals surface area contributed by atoms with Gasteiger partial charge in [-0.05, 0) is 30.5 Å². The summed E-state index contributed by atoms with van der Waals surface area (Å²) in [5.41, 5.74) is 2.36. The Morgan fingerprint density at radius 3 is 2.48 bits per heavy atom. The molecule has 1 aromatic carbocycles. The standard InChI is InChI=1S/C23H25N5O/c29-23(26-19-9-5-2-6-10-19)20-15-21(25-16-17-11-13-24-14-12-17)28-22(27-20)18-7-3-1-4-8-18/h1,3-4,7-8,11-15,19H,2,5-6,9-10,16H2,(H,26,29)(H,25,27,28). The summed E-state index contributed by atoms with van der Waals surface area (Å²) in [5, 5.41) is 6.46. The summed E-state index contributed by atoms with van der Waals surface area (Å²) in [6.45, 7) is 0.595. The summed E-state index contributed by atoms with van der Waals surface area (Å²) < 4.78 is 0. The average molecular weight is 387 g/mol. The first-order chi connectivity index (χ1) is 14.3. The van der Waals surface area contributed by atoms with Gasteiger partial charge in [-0.15, -0.1) is 0 Å². The minimum atomic E-state index is -0.136. The zero-order chi connectivity index (χ0) is 19.9. The molecule has 1 aliphatic carbocycles. The molecule has 0 bridgehead atoms. The van der Waals surface area contributed by atoms with Crippen molar-refractivity contribution >= 4 is 11.7 Å². The predicted molar refractivity (Wildman–Crippen MR) is 113 cm³/mol. The highest BCUT2D eigenvalue weighted by molar-refractivity contribution is 5.93. The van der Waals surface area contributed by atoms with Crippen molar-refractivity contribution in [2.24, 2.45) is 0 Å². The number of nitrogens with zero attached hydrogens (tertiary/aromatic N) is 3. The maximum atomic E-state index is 12.9. The van der Waals surface area contributed by atoms with Gasteiger partial charge in [0.25, 0.3) is 5.91 Å². The van der Waals surface area contributed by atoms with Crippen LogP contribution >= 0.6 is 0 Å². The number of anilines is 1. The molecular weight excluding hydrogens is 362 g/mol. The zero-order valence-electron chi connectivity index (χ0n) is 16.3. The Kier molecular flexibility index (Phi) is 6.10. The summed E-state index contributed by atoms with van der Waals surface area (Å²) >= 11 is 0. The van der Waals surface area contributed by atoms with E-state index in [4.69, 9.17) is 0 Å². The maximum Gasteiger partial charge on any atom is 0.270 e. The molecular formula is C23H25N5O. The number of pyridine rings is 1. The van der Waals surface area contributed by atoms with E-state index in [0.29, 0.717) is 23.9 Å². The van der Waals surface area contributed by atoms with Crippen LogP contribution in [0.3, 0.4) is 0 Å². The molecule has 1 saturated carbocycles. The van der Waals surface area contributed by atoms with Gasteiger partial charge in [0, 0.05) is 36.6 Å². The molecule has 0 aliphatic heterocycles. The van der Waals surface area contributed by atoms with Crippen molar-refractivity contribution in [2.45, 2.75) is 44.7 Å². The van der Waals surface area contributed by atoms with Gasteiger partial charge in [0.2, 0.25) is 0 Å². The van der Waals surface area contributed by atoms with E-state index >= 15 is 0 Å². The molecule has 2 heterocycles. The molecule has 6 heteroatoms. The number of hydrogen-bond donors (Lipinski definition) is 2. The van der Waals surface area contributed by atoms with Gasteiger partial charge in [-0.1, -0.05) is 49.6 Å². The Balaban J connectivity index is 1.58. The lowest BCUT2D eigenvalue weighted by Gasteiger charge is -2.22. The van der Waals surface area contributed by atoms with Crippen LogP contribution in [0.15, 0.2) is 60.9 Å². The average Bonchev–Trinajstić information content (AvgIpc) is 2.79. The van der Waals surface area contributed by atoms with Crippen LogP contribution in [0, 0.1) is 0 Å². The first kappa shape index (κ1) is 19.1. The fraction of sp³-hybridized carbons (Fsp3) is 0.304. The quantitative estimate of drug-likeness (QED) is 0.662. The number of rotatable bonds is 6. The SMILES string of the molecule is O=C(NC1CCCCC1)c1cc(NCc2ccncc2)nc(-c2ccccc2)n1. The van der Waals surface area contributed by atoms with Gasteiger partial charge >= 0.3 is 0 Å². The molecule has 0 saturated heterocycles. The van der Waals surface area contributed by atoms with Crippen LogP contribution in [0.2, 0.25) is 0 Å². The van der Waals surface area contributed by atoms with Crippen LogP contribution in [0.4, 0.5) is 5.82 Å². The van der Waals surface area contributed by atoms with Crippen LogP contribution in [0.5, 0.6) is 0 Å². The lowest BCUT2D eigenvalue weighted by atomic mass is 9.95. The number of hydrogen-bond acceptors (Lipinski definition) is 5. The van der Waals surface area contributed by atoms with Gasteiger partial charge in [-0.3, -0.25) is 9.78 Å². The van der Waals surface area contributed by atoms with Gasteiger partial charge in [-0.2, -0.15) is 0 Å². The number of carbonyl (C=O) groups is 1. The molecule has 3 aromatic rings. The summed E-state index contributed by atoms with van der Waals surface area (Å²) in [6.07, 6.45) is 9.18. The summed E-state index contributed by atoms with van der Waals surface area (Å²) in [5.74, 6) is 1.03. The monoisotopic (exact) mass is 387 g/mol. The highest BCUT2D eigenvalue weighted by Gasteiger charge is 2.19. The van der Waals surface area contributed by atoms with Gasteiger partial charge in [0.05, 0.1) is 0 Å². The van der Waals surface area contributed by atoms with Crippen molar-refractivity contribution < 1.29 is 4.79 Å². The molecule has 1 fully saturated rings. The largest absolute Gasteiger partial charge is 0.366 e. The van der Waals surface area contributed by atoms with Crippen LogP contribution < -0.4 is 10.6 Å². The van der Waals surface area contributed by atoms with E-state index in [9.17, 15) is 4.79 Å². The number of aromatic nitrogens is 3. The number of nitrogens with one attached hydrogen (secondary N) is 2. The molecule has 2 aromatic heterocycles. The van der Waals surface area contributed by atoms with Crippen molar-refractivity contribution in [1.29, 1.82) is 0 Å². The molecule has 6 nitrogen and oxygen atoms in total. The van der Waals surface area contributed by atoms with Crippen molar-refractivity contribution in [1.82, 2.24) is 20.3 Å². The maximum absolute atomic E-state index is 12.9. The normalized spacial score (nSPS) is 14.3. The minimum Gasteiger partial charge on any atom is -0.366 e. The molecule has 0 unspecified atom stereocenters. The third kappa shape index (κ3) is 5.16. The Labute approximate surface area is 170 Å². The third-order valence-corrected chi connectivity index (χ3v) is 5.15. The Morgan fingerprint density at radius 2 is 1.72 bits per heavy atom. The third-order valence-electron chi connectivity index (χ3n) is 5.15. The smallest absolute Gasteiger partial charge is 0.270 e. The lowest BCUT2D eigenvalue weighted by Crippen LogP contribution is -2.36. The highest BCUT2D eigenvalue weighted by Crippen LogP contribution is 2.20. The second kappa shape index (κ2) is 9.28. The van der Waals surface area contributed by atoms with E-state index in [1.165, 1.54) is 19.3 Å². The van der Waals surface area contributed by atoms with Crippen molar-refractivity contribution in [2.75, 3.05) is 5.32 Å². The van der Waals surface area contributed by atoms with E-state index in [0.717, 1.165) is 24.0 Å². The predicted octanol–water partition coefficient (Wildman–Crippen LogP) is 4.21. The summed E-state index contributed by atoms with van der Waals surface area (Å²) in [6, 6.07) is 15.6. The van der Waals surface area contributed by atoms with E-state index in [2.05, 4.69) is 25.6 Å². The number of benzene rings is 1. The van der Waals surface area contributed by atoms with Crippen LogP contribution in [-0.4, -0.2) is 26.9 Å². The van der Waals surface area contributed by atoms with Crippen LogP contribution in [0.1, 0.15) is 48.2 Å². The number of carbonyl (C=O) groups excluding carboxylic acids is 1. The van der Waals surface area contributed by atoms with Crippen molar-refractivity contribution in [3.05, 3.63) is 72.2 Å². The van der Waals surface area contributed by atoms with Gasteiger partial charge in [-0.25, -0.2) is 9.97 Å². The second-order valence-corrected chi connectivity index (χ2v) is 7.35. The molecule has 1 aliphatic rings. The summed E-state index contributed by atoms with van der Waals surface area (Å²) in [7, 11) is 0. The molecule has 1 amide bonds. The molecule has 2 N–H and O–H groups in total. The van der Waals surface area contributed by atoms with Gasteiger partial charge < -0.3 is 10.6 Å². The Bertz CT molecular complexity index is 940. The molecule has 0 radical (unpaired) electrons. The van der Waals surface area contributed by atoms with E-state index < -0.39 is 0 Å². The second-order valence-electron chi connectivity index (χ2n) is 7.35. The molecule has 4 rings (SSSR count). The number of amides is 1. The molecule has 0 spiro atoms. The zero-order valence-corrected chi connectivity index (χ0v) is 16.3.